The normalized spacial score (nSPS) is 14.6. The molecule has 1 aliphatic rings. The molecule has 9 nitrogen and oxygen atoms in total. The molecule has 1 aromatic carbocycles. The molecule has 2 aromatic rings. The van der Waals surface area contributed by atoms with Crippen molar-refractivity contribution < 1.29 is 22.7 Å². The number of aromatic nitrogens is 2. The number of sulfone groups is 1. The largest absolute Gasteiger partial charge is 0.497 e. The van der Waals surface area contributed by atoms with E-state index in [-0.39, 0.29) is 4.90 Å². The lowest BCUT2D eigenvalue weighted by molar-refractivity contribution is -0.128. The summed E-state index contributed by atoms with van der Waals surface area (Å²) in [6.45, 7) is 6.62. The van der Waals surface area contributed by atoms with Crippen molar-refractivity contribution in [2.75, 3.05) is 50.5 Å². The van der Waals surface area contributed by atoms with E-state index in [1.54, 1.807) is 23.1 Å². The number of amides is 1. The van der Waals surface area contributed by atoms with Crippen molar-refractivity contribution in [3.8, 4) is 11.6 Å². The molecule has 1 amide bonds. The minimum atomic E-state index is -3.75. The molecule has 0 unspecified atom stereocenters. The van der Waals surface area contributed by atoms with Gasteiger partial charge in [0.1, 0.15) is 23.6 Å². The van der Waals surface area contributed by atoms with Gasteiger partial charge in [-0.25, -0.2) is 18.4 Å². The Morgan fingerprint density at radius 2 is 1.87 bits per heavy atom. The fourth-order valence-electron chi connectivity index (χ4n) is 3.15. The van der Waals surface area contributed by atoms with Crippen molar-refractivity contribution in [3.05, 3.63) is 36.7 Å². The maximum Gasteiger partial charge on any atom is 0.238 e. The van der Waals surface area contributed by atoms with Crippen LogP contribution in [-0.2, 0) is 14.6 Å². The van der Waals surface area contributed by atoms with Crippen LogP contribution >= 0.6 is 0 Å². The van der Waals surface area contributed by atoms with Crippen molar-refractivity contribution in [2.45, 2.75) is 18.7 Å². The summed E-state index contributed by atoms with van der Waals surface area (Å²) in [5, 5.41) is 0. The number of methoxy groups -OCH3 is 1. The Balaban J connectivity index is 1.58. The lowest BCUT2D eigenvalue weighted by Gasteiger charge is -2.35. The van der Waals surface area contributed by atoms with E-state index >= 15 is 0 Å². The van der Waals surface area contributed by atoms with Crippen LogP contribution < -0.4 is 14.4 Å². The van der Waals surface area contributed by atoms with Gasteiger partial charge in [0, 0.05) is 32.2 Å². The highest BCUT2D eigenvalue weighted by Crippen LogP contribution is 2.20. The van der Waals surface area contributed by atoms with E-state index in [2.05, 4.69) is 23.8 Å². The Hall–Kier alpha value is -2.88. The van der Waals surface area contributed by atoms with Crippen LogP contribution in [0.4, 0.5) is 5.82 Å². The van der Waals surface area contributed by atoms with Crippen LogP contribution in [0.15, 0.2) is 41.6 Å². The first-order chi connectivity index (χ1) is 14.8. The molecule has 1 aromatic heterocycles. The van der Waals surface area contributed by atoms with Crippen molar-refractivity contribution in [3.63, 3.8) is 0 Å². The number of anilines is 1. The summed E-state index contributed by atoms with van der Waals surface area (Å²) in [5.41, 5.74) is 0. The Morgan fingerprint density at radius 3 is 2.55 bits per heavy atom. The predicted octanol–water partition coefficient (Wildman–Crippen LogP) is 1.64. The summed E-state index contributed by atoms with van der Waals surface area (Å²) in [6, 6.07) is 7.93. The molecular formula is C21H28N4O5S. The van der Waals surface area contributed by atoms with Crippen LogP contribution in [0.1, 0.15) is 13.8 Å². The fraction of sp³-hybridized carbons (Fsp3) is 0.476. The van der Waals surface area contributed by atoms with E-state index in [4.69, 9.17) is 9.47 Å². The SMILES string of the molecule is COc1cccc(S(=O)(=O)CC(=O)N2CCN(c3cc(OCC(C)C)ncn3)CC2)c1. The molecule has 0 bridgehead atoms. The van der Waals surface area contributed by atoms with E-state index in [0.29, 0.717) is 50.3 Å². The molecule has 0 radical (unpaired) electrons. The molecule has 0 aliphatic carbocycles. The molecular weight excluding hydrogens is 420 g/mol. The van der Waals surface area contributed by atoms with Gasteiger partial charge in [0.2, 0.25) is 11.8 Å². The zero-order chi connectivity index (χ0) is 22.4. The average molecular weight is 449 g/mol. The Morgan fingerprint density at radius 1 is 1.13 bits per heavy atom. The van der Waals surface area contributed by atoms with Gasteiger partial charge in [0.15, 0.2) is 9.84 Å². The fourth-order valence-corrected chi connectivity index (χ4v) is 4.41. The quantitative estimate of drug-likeness (QED) is 0.601. The highest BCUT2D eigenvalue weighted by molar-refractivity contribution is 7.92. The summed E-state index contributed by atoms with van der Waals surface area (Å²) >= 11 is 0. The minimum Gasteiger partial charge on any atom is -0.497 e. The van der Waals surface area contributed by atoms with Gasteiger partial charge in [-0.05, 0) is 24.1 Å². The van der Waals surface area contributed by atoms with Gasteiger partial charge in [-0.1, -0.05) is 19.9 Å². The topological polar surface area (TPSA) is 102 Å². The number of benzene rings is 1. The van der Waals surface area contributed by atoms with Crippen molar-refractivity contribution >= 4 is 21.6 Å². The van der Waals surface area contributed by atoms with Crippen LogP contribution in [-0.4, -0.2) is 74.8 Å². The van der Waals surface area contributed by atoms with E-state index in [1.807, 2.05) is 4.90 Å². The molecule has 168 valence electrons. The minimum absolute atomic E-state index is 0.0775. The molecule has 1 saturated heterocycles. The second-order valence-corrected chi connectivity index (χ2v) is 9.71. The molecule has 0 saturated carbocycles. The van der Waals surface area contributed by atoms with Gasteiger partial charge in [-0.2, -0.15) is 0 Å². The summed E-state index contributed by atoms with van der Waals surface area (Å²) in [4.78, 5) is 24.8. The van der Waals surface area contributed by atoms with Crippen molar-refractivity contribution in [1.82, 2.24) is 14.9 Å². The third-order valence-electron chi connectivity index (χ3n) is 4.86. The molecule has 31 heavy (non-hydrogen) atoms. The smallest absolute Gasteiger partial charge is 0.238 e. The first-order valence-electron chi connectivity index (χ1n) is 10.1. The molecule has 1 fully saturated rings. The third kappa shape index (κ3) is 6.06. The zero-order valence-corrected chi connectivity index (χ0v) is 18.8. The summed E-state index contributed by atoms with van der Waals surface area (Å²) in [6.07, 6.45) is 1.46. The Bertz CT molecular complexity index is 1000. The summed E-state index contributed by atoms with van der Waals surface area (Å²) in [7, 11) is -2.28. The summed E-state index contributed by atoms with van der Waals surface area (Å²) in [5.74, 6) is 1.09. The highest BCUT2D eigenvalue weighted by Gasteiger charge is 2.27. The van der Waals surface area contributed by atoms with Gasteiger partial charge in [-0.15, -0.1) is 0 Å². The number of carbonyl (C=O) groups is 1. The lowest BCUT2D eigenvalue weighted by Crippen LogP contribution is -2.50. The van der Waals surface area contributed by atoms with E-state index < -0.39 is 21.5 Å². The van der Waals surface area contributed by atoms with Crippen molar-refractivity contribution in [2.24, 2.45) is 5.92 Å². The van der Waals surface area contributed by atoms with Crippen LogP contribution in [0, 0.1) is 5.92 Å². The van der Waals surface area contributed by atoms with Gasteiger partial charge in [0.25, 0.3) is 0 Å². The zero-order valence-electron chi connectivity index (χ0n) is 18.0. The van der Waals surface area contributed by atoms with Crippen LogP contribution in [0.25, 0.3) is 0 Å². The molecule has 10 heteroatoms. The maximum atomic E-state index is 12.6. The van der Waals surface area contributed by atoms with Crippen molar-refractivity contribution in [1.29, 1.82) is 0 Å². The highest BCUT2D eigenvalue weighted by atomic mass is 32.2. The molecule has 0 spiro atoms. The van der Waals surface area contributed by atoms with Crippen LogP contribution in [0.3, 0.4) is 0 Å². The number of rotatable bonds is 8. The number of ether oxygens (including phenoxy) is 2. The number of nitrogens with zero attached hydrogens (tertiary/aromatic N) is 4. The van der Waals surface area contributed by atoms with Crippen LogP contribution in [0.2, 0.25) is 0 Å². The number of piperazine rings is 1. The van der Waals surface area contributed by atoms with E-state index in [1.165, 1.54) is 25.6 Å². The molecule has 3 rings (SSSR count). The lowest BCUT2D eigenvalue weighted by atomic mass is 10.2. The van der Waals surface area contributed by atoms with Crippen LogP contribution in [0.5, 0.6) is 11.6 Å². The number of hydrogen-bond donors (Lipinski definition) is 0. The van der Waals surface area contributed by atoms with Gasteiger partial charge in [-0.3, -0.25) is 4.79 Å². The predicted molar refractivity (Wildman–Crippen MR) is 116 cm³/mol. The summed E-state index contributed by atoms with van der Waals surface area (Å²) < 4.78 is 36.0. The molecule has 2 heterocycles. The molecule has 1 aliphatic heterocycles. The van der Waals surface area contributed by atoms with Gasteiger partial charge < -0.3 is 19.3 Å². The monoisotopic (exact) mass is 448 g/mol. The van der Waals surface area contributed by atoms with Gasteiger partial charge >= 0.3 is 0 Å². The van der Waals surface area contributed by atoms with E-state index in [9.17, 15) is 13.2 Å². The first kappa shape index (κ1) is 22.8. The number of carbonyl (C=O) groups excluding carboxylic acids is 1. The van der Waals surface area contributed by atoms with Gasteiger partial charge in [0.05, 0.1) is 18.6 Å². The first-order valence-corrected chi connectivity index (χ1v) is 11.8. The number of hydrogen-bond acceptors (Lipinski definition) is 8. The Kier molecular flexibility index (Phi) is 7.32. The van der Waals surface area contributed by atoms with E-state index in [0.717, 1.165) is 5.82 Å². The molecule has 0 atom stereocenters. The standard InChI is InChI=1S/C21H28N4O5S/c1-16(2)13-30-20-12-19(22-15-23-20)24-7-9-25(10-8-24)21(26)14-31(27,28)18-6-4-5-17(11-18)29-3/h4-6,11-12,15-16H,7-10,13-14H2,1-3H3. The second kappa shape index (κ2) is 9.95. The second-order valence-electron chi connectivity index (χ2n) is 7.73. The maximum absolute atomic E-state index is 12.6. The molecule has 0 N–H and O–H groups in total. The third-order valence-corrected chi connectivity index (χ3v) is 6.46. The Labute approximate surface area is 182 Å². The average Bonchev–Trinajstić information content (AvgIpc) is 2.77.